The van der Waals surface area contributed by atoms with Crippen molar-refractivity contribution in [1.82, 2.24) is 4.90 Å². The van der Waals surface area contributed by atoms with Crippen molar-refractivity contribution in [1.29, 1.82) is 5.26 Å². The van der Waals surface area contributed by atoms with Crippen LogP contribution in [0.15, 0.2) is 60.7 Å². The van der Waals surface area contributed by atoms with Crippen LogP contribution in [0.3, 0.4) is 0 Å². The number of likely N-dealkylation sites (tertiary alicyclic amines) is 1. The third kappa shape index (κ3) is 5.92. The molecule has 4 atom stereocenters. The molecule has 4 unspecified atom stereocenters. The van der Waals surface area contributed by atoms with Gasteiger partial charge in [0.2, 0.25) is 5.91 Å². The molecule has 3 aliphatic rings. The van der Waals surface area contributed by atoms with Gasteiger partial charge in [-0.1, -0.05) is 30.3 Å². The Hall–Kier alpha value is -4.26. The number of carbonyl (C=O) groups excluding carboxylic acids is 2. The first-order chi connectivity index (χ1) is 21.3. The van der Waals surface area contributed by atoms with Crippen molar-refractivity contribution in [2.24, 2.45) is 11.8 Å². The molecule has 2 amide bonds. The average molecular weight is 597 g/mol. The highest BCUT2D eigenvalue weighted by atomic mass is 19.1. The number of fused-ring (bicyclic) bond motifs is 1. The second-order valence-corrected chi connectivity index (χ2v) is 12.1. The fraction of sp³-hybridized carbons (Fsp3) is 0.400. The topological polar surface area (TPSA) is 104 Å². The number of halogens is 1. The Morgan fingerprint density at radius 1 is 0.955 bits per heavy atom. The van der Waals surface area contributed by atoms with Crippen molar-refractivity contribution in [2.45, 2.75) is 51.2 Å². The van der Waals surface area contributed by atoms with Gasteiger partial charge in [0.1, 0.15) is 5.82 Å². The molecule has 0 aliphatic carbocycles. The first-order valence-electron chi connectivity index (χ1n) is 15.3. The summed E-state index contributed by atoms with van der Waals surface area (Å²) in [6.45, 7) is 5.75. The molecule has 3 fully saturated rings. The Kier molecular flexibility index (Phi) is 8.65. The molecule has 2 N–H and O–H groups in total. The van der Waals surface area contributed by atoms with Crippen LogP contribution >= 0.6 is 0 Å². The molecule has 0 saturated carbocycles. The van der Waals surface area contributed by atoms with Gasteiger partial charge >= 0.3 is 0 Å². The molecule has 3 aliphatic heterocycles. The number of anilines is 2. The monoisotopic (exact) mass is 596 g/mol. The van der Waals surface area contributed by atoms with E-state index in [4.69, 9.17) is 9.47 Å². The zero-order chi connectivity index (χ0) is 30.8. The minimum atomic E-state index is -0.664. The van der Waals surface area contributed by atoms with Crippen LogP contribution < -0.4 is 10.6 Å². The molecule has 6 rings (SSSR count). The molecule has 0 spiro atoms. The number of carbonyl (C=O) groups is 2. The third-order valence-corrected chi connectivity index (χ3v) is 9.24. The summed E-state index contributed by atoms with van der Waals surface area (Å²) in [5.41, 5.74) is 4.10. The standard InChI is InChI=1S/C35H37FN4O4/c1-21-6-9-28(16-24(21)18-37)39-34(41)29-17-25-19-44-20-31(25)40(35(42)32-22(2)4-3-5-30(32)36)33(29)23-7-10-26(11-8-23)38-27-12-14-43-15-13-27/h3-11,16,25,27,29,31,33,38H,12-15,17,19-20H2,1-2H3,(H,39,41). The Balaban J connectivity index is 1.39. The Morgan fingerprint density at radius 2 is 1.70 bits per heavy atom. The van der Waals surface area contributed by atoms with Crippen molar-refractivity contribution in [2.75, 3.05) is 37.1 Å². The van der Waals surface area contributed by atoms with E-state index in [2.05, 4.69) is 16.7 Å². The molecule has 3 aromatic rings. The highest BCUT2D eigenvalue weighted by Crippen LogP contribution is 2.46. The van der Waals surface area contributed by atoms with Crippen molar-refractivity contribution < 1.29 is 23.5 Å². The molecule has 3 aromatic carbocycles. The van der Waals surface area contributed by atoms with Gasteiger partial charge in [0.05, 0.1) is 48.4 Å². The molecule has 3 heterocycles. The summed E-state index contributed by atoms with van der Waals surface area (Å²) < 4.78 is 26.6. The second-order valence-electron chi connectivity index (χ2n) is 12.1. The predicted octanol–water partition coefficient (Wildman–Crippen LogP) is 5.76. The summed E-state index contributed by atoms with van der Waals surface area (Å²) in [7, 11) is 0. The number of amides is 2. The van der Waals surface area contributed by atoms with Gasteiger partial charge in [-0.05, 0) is 80.1 Å². The van der Waals surface area contributed by atoms with E-state index in [9.17, 15) is 14.9 Å². The highest BCUT2D eigenvalue weighted by Gasteiger charge is 2.51. The minimum absolute atomic E-state index is 0.0132. The molecule has 228 valence electrons. The zero-order valence-electron chi connectivity index (χ0n) is 25.0. The number of nitrogens with one attached hydrogen (secondary N) is 2. The maximum absolute atomic E-state index is 15.3. The Bertz CT molecular complexity index is 1560. The molecular formula is C35H37FN4O4. The van der Waals surface area contributed by atoms with Crippen LogP contribution in [0.4, 0.5) is 15.8 Å². The Morgan fingerprint density at radius 3 is 2.43 bits per heavy atom. The first-order valence-corrected chi connectivity index (χ1v) is 15.3. The van der Waals surface area contributed by atoms with Gasteiger partial charge in [0.15, 0.2) is 0 Å². The van der Waals surface area contributed by atoms with Gasteiger partial charge < -0.3 is 25.0 Å². The maximum atomic E-state index is 15.3. The number of piperidine rings is 1. The van der Waals surface area contributed by atoms with E-state index in [0.717, 1.165) is 42.9 Å². The number of nitriles is 1. The van der Waals surface area contributed by atoms with Crippen molar-refractivity contribution in [3.8, 4) is 6.07 Å². The molecule has 44 heavy (non-hydrogen) atoms. The van der Waals surface area contributed by atoms with E-state index in [0.29, 0.717) is 42.5 Å². The lowest BCUT2D eigenvalue weighted by Gasteiger charge is -2.47. The van der Waals surface area contributed by atoms with Gasteiger partial charge in [-0.3, -0.25) is 9.59 Å². The van der Waals surface area contributed by atoms with Crippen LogP contribution in [-0.4, -0.2) is 55.2 Å². The molecular weight excluding hydrogens is 559 g/mol. The minimum Gasteiger partial charge on any atom is -0.382 e. The fourth-order valence-corrected chi connectivity index (χ4v) is 6.84. The number of hydrogen-bond acceptors (Lipinski definition) is 6. The summed E-state index contributed by atoms with van der Waals surface area (Å²) in [6.07, 6.45) is 2.35. The largest absolute Gasteiger partial charge is 0.382 e. The van der Waals surface area contributed by atoms with Gasteiger partial charge in [-0.15, -0.1) is 0 Å². The van der Waals surface area contributed by atoms with Gasteiger partial charge in [0, 0.05) is 36.5 Å². The number of ether oxygens (including phenoxy) is 2. The summed E-state index contributed by atoms with van der Waals surface area (Å²) in [5, 5.41) is 16.1. The zero-order valence-corrected chi connectivity index (χ0v) is 25.0. The number of nitrogens with zero attached hydrogens (tertiary/aromatic N) is 2. The molecule has 0 aromatic heterocycles. The fourth-order valence-electron chi connectivity index (χ4n) is 6.84. The van der Waals surface area contributed by atoms with E-state index in [1.807, 2.05) is 31.2 Å². The van der Waals surface area contributed by atoms with E-state index in [-0.39, 0.29) is 23.4 Å². The lowest BCUT2D eigenvalue weighted by molar-refractivity contribution is -0.124. The lowest BCUT2D eigenvalue weighted by atomic mass is 9.76. The van der Waals surface area contributed by atoms with E-state index in [1.54, 1.807) is 42.2 Å². The number of benzene rings is 3. The molecule has 8 nitrogen and oxygen atoms in total. The van der Waals surface area contributed by atoms with Crippen LogP contribution in [0.25, 0.3) is 0 Å². The number of hydrogen-bond donors (Lipinski definition) is 2. The van der Waals surface area contributed by atoms with Crippen LogP contribution in [0.5, 0.6) is 0 Å². The maximum Gasteiger partial charge on any atom is 0.257 e. The van der Waals surface area contributed by atoms with Crippen LogP contribution in [0, 0.1) is 42.8 Å². The summed E-state index contributed by atoms with van der Waals surface area (Å²) in [4.78, 5) is 30.2. The number of aryl methyl sites for hydroxylation is 2. The van der Waals surface area contributed by atoms with Gasteiger partial charge in [-0.2, -0.15) is 5.26 Å². The molecule has 9 heteroatoms. The third-order valence-electron chi connectivity index (χ3n) is 9.24. The molecule has 0 radical (unpaired) electrons. The summed E-state index contributed by atoms with van der Waals surface area (Å²) in [6, 6.07) is 19.2. The SMILES string of the molecule is Cc1ccc(NC(=O)C2CC3COCC3N(C(=O)c3c(C)cccc3F)C2c2ccc(NC3CCOCC3)cc2)cc1C#N. The number of rotatable bonds is 6. The molecule has 3 saturated heterocycles. The van der Waals surface area contributed by atoms with Crippen LogP contribution in [0.2, 0.25) is 0 Å². The Labute approximate surface area is 257 Å². The quantitative estimate of drug-likeness (QED) is 0.375. The normalized spacial score (nSPS) is 23.5. The summed E-state index contributed by atoms with van der Waals surface area (Å²) >= 11 is 0. The second kappa shape index (κ2) is 12.8. The average Bonchev–Trinajstić information content (AvgIpc) is 3.50. The van der Waals surface area contributed by atoms with E-state index < -0.39 is 23.7 Å². The van der Waals surface area contributed by atoms with Crippen molar-refractivity contribution in [3.63, 3.8) is 0 Å². The van der Waals surface area contributed by atoms with Crippen molar-refractivity contribution in [3.05, 3.63) is 94.3 Å². The van der Waals surface area contributed by atoms with Gasteiger partial charge in [0.25, 0.3) is 5.91 Å². The van der Waals surface area contributed by atoms with E-state index in [1.165, 1.54) is 6.07 Å². The van der Waals surface area contributed by atoms with Crippen molar-refractivity contribution >= 4 is 23.2 Å². The molecule has 0 bridgehead atoms. The predicted molar refractivity (Wildman–Crippen MR) is 165 cm³/mol. The summed E-state index contributed by atoms with van der Waals surface area (Å²) in [5.74, 6) is -2.03. The van der Waals surface area contributed by atoms with E-state index >= 15 is 4.39 Å². The van der Waals surface area contributed by atoms with Gasteiger partial charge in [-0.25, -0.2) is 4.39 Å². The smallest absolute Gasteiger partial charge is 0.257 e. The highest BCUT2D eigenvalue weighted by molar-refractivity contribution is 5.98. The first kappa shape index (κ1) is 29.8. The van der Waals surface area contributed by atoms with Crippen LogP contribution in [-0.2, 0) is 14.3 Å². The lowest BCUT2D eigenvalue weighted by Crippen LogP contribution is -2.55. The van der Waals surface area contributed by atoms with Crippen LogP contribution in [0.1, 0.15) is 57.9 Å².